The summed E-state index contributed by atoms with van der Waals surface area (Å²) in [6.45, 7) is 2.93. The monoisotopic (exact) mass is 484 g/mol. The van der Waals surface area contributed by atoms with Crippen LogP contribution in [0.2, 0.25) is 0 Å². The molecule has 0 unspecified atom stereocenters. The van der Waals surface area contributed by atoms with Gasteiger partial charge < -0.3 is 24.3 Å². The first kappa shape index (κ1) is 23.3. The molecule has 0 bridgehead atoms. The third-order valence-corrected chi connectivity index (χ3v) is 7.95. The summed E-state index contributed by atoms with van der Waals surface area (Å²) in [5.74, 6) is 2.65. The number of methoxy groups -OCH3 is 2. The van der Waals surface area contributed by atoms with Gasteiger partial charge in [0, 0.05) is 19.1 Å². The molecular weight excluding hydrogens is 452 g/mol. The number of nitrogens with zero attached hydrogens (tertiary/aromatic N) is 1. The predicted octanol–water partition coefficient (Wildman–Crippen LogP) is 3.51. The van der Waals surface area contributed by atoms with Crippen molar-refractivity contribution in [1.82, 2.24) is 10.2 Å². The first-order valence-corrected chi connectivity index (χ1v) is 13.1. The molecule has 182 valence electrons. The lowest BCUT2D eigenvalue weighted by Crippen LogP contribution is -2.50. The summed E-state index contributed by atoms with van der Waals surface area (Å²) < 4.78 is 22.8. The molecule has 7 nitrogen and oxygen atoms in total. The molecular formula is C26H32N2O5S. The number of hydrogen-bond donors (Lipinski definition) is 1. The Morgan fingerprint density at radius 3 is 2.74 bits per heavy atom. The minimum atomic E-state index is -0.120. The molecule has 2 aromatic rings. The number of likely N-dealkylation sites (tertiary alicyclic amines) is 1. The Balaban J connectivity index is 1.35. The van der Waals surface area contributed by atoms with Gasteiger partial charge in [-0.2, -0.15) is 11.8 Å². The van der Waals surface area contributed by atoms with E-state index in [1.165, 1.54) is 22.9 Å². The van der Waals surface area contributed by atoms with E-state index in [1.54, 1.807) is 14.2 Å². The number of carbonyl (C=O) groups excluding carboxylic acids is 1. The second-order valence-corrected chi connectivity index (χ2v) is 10.1. The minimum absolute atomic E-state index is 0.0561. The van der Waals surface area contributed by atoms with Gasteiger partial charge in [0.05, 0.1) is 25.0 Å². The molecule has 0 saturated carbocycles. The zero-order valence-corrected chi connectivity index (χ0v) is 20.8. The number of amides is 1. The highest BCUT2D eigenvalue weighted by Gasteiger charge is 2.53. The van der Waals surface area contributed by atoms with Crippen LogP contribution in [0.4, 0.5) is 0 Å². The number of nitrogens with one attached hydrogen (secondary N) is 1. The lowest BCUT2D eigenvalue weighted by atomic mass is 9.72. The summed E-state index contributed by atoms with van der Waals surface area (Å²) in [5, 5.41) is 3.26. The standard InChI is InChI=1S/C26H32N2O5S/c1-30-20-12-17(13-21-24(20)33-16-32-21)14-28-10-8-26(9-11-28)19-7-5-4-6-18(19)23(25(26)31-2)27-22(29)15-34-3/h4-7,12-13,23,25H,8-11,14-16H2,1-3H3,(H,27,29)/t23-,25+/m0/s1. The van der Waals surface area contributed by atoms with Gasteiger partial charge in [-0.1, -0.05) is 24.3 Å². The molecule has 1 saturated heterocycles. The van der Waals surface area contributed by atoms with Crippen LogP contribution in [0.15, 0.2) is 36.4 Å². The number of carbonyl (C=O) groups is 1. The second kappa shape index (κ2) is 9.68. The lowest BCUT2D eigenvalue weighted by molar-refractivity contribution is -0.121. The Labute approximate surface area is 205 Å². The summed E-state index contributed by atoms with van der Waals surface area (Å²) in [4.78, 5) is 15.0. The van der Waals surface area contributed by atoms with Crippen LogP contribution in [0.1, 0.15) is 35.6 Å². The van der Waals surface area contributed by atoms with E-state index < -0.39 is 0 Å². The molecule has 3 aliphatic rings. The number of ether oxygens (including phenoxy) is 4. The van der Waals surface area contributed by atoms with Crippen LogP contribution in [0, 0.1) is 0 Å². The van der Waals surface area contributed by atoms with Crippen molar-refractivity contribution in [3.63, 3.8) is 0 Å². The summed E-state index contributed by atoms with van der Waals surface area (Å²) in [5.41, 5.74) is 3.55. The van der Waals surface area contributed by atoms with Crippen LogP contribution in [0.25, 0.3) is 0 Å². The lowest BCUT2D eigenvalue weighted by Gasteiger charge is -2.44. The quantitative estimate of drug-likeness (QED) is 0.645. The fraction of sp³-hybridized carbons (Fsp3) is 0.500. The fourth-order valence-corrected chi connectivity index (χ4v) is 6.26. The van der Waals surface area contributed by atoms with Gasteiger partial charge in [-0.3, -0.25) is 9.69 Å². The molecule has 0 radical (unpaired) electrons. The molecule has 1 N–H and O–H groups in total. The highest BCUT2D eigenvalue weighted by Crippen LogP contribution is 2.52. The highest BCUT2D eigenvalue weighted by molar-refractivity contribution is 7.99. The minimum Gasteiger partial charge on any atom is -0.493 e. The number of fused-ring (bicyclic) bond motifs is 3. The smallest absolute Gasteiger partial charge is 0.231 e. The second-order valence-electron chi connectivity index (χ2n) is 9.19. The summed E-state index contributed by atoms with van der Waals surface area (Å²) in [7, 11) is 3.43. The average molecular weight is 485 g/mol. The maximum Gasteiger partial charge on any atom is 0.231 e. The van der Waals surface area contributed by atoms with Crippen LogP contribution in [-0.4, -0.2) is 63.0 Å². The Bertz CT molecular complexity index is 1050. The van der Waals surface area contributed by atoms with Crippen molar-refractivity contribution in [3.05, 3.63) is 53.1 Å². The zero-order chi connectivity index (χ0) is 23.7. The van der Waals surface area contributed by atoms with Gasteiger partial charge in [0.2, 0.25) is 18.4 Å². The maximum atomic E-state index is 12.5. The molecule has 1 spiro atoms. The first-order chi connectivity index (χ1) is 16.6. The third kappa shape index (κ3) is 4.01. The SMILES string of the molecule is COc1cc(CN2CCC3(CC2)c2ccccc2[C@H](NC(=O)CSC)[C@H]3OC)cc2c1OCO2. The van der Waals surface area contributed by atoms with Crippen molar-refractivity contribution in [2.24, 2.45) is 0 Å². The number of rotatable bonds is 7. The van der Waals surface area contributed by atoms with Crippen LogP contribution in [-0.2, 0) is 21.5 Å². The number of thioether (sulfide) groups is 1. The molecule has 1 amide bonds. The predicted molar refractivity (Wildman–Crippen MR) is 132 cm³/mol. The molecule has 5 rings (SSSR count). The van der Waals surface area contributed by atoms with Gasteiger partial charge in [0.15, 0.2) is 11.5 Å². The van der Waals surface area contributed by atoms with Gasteiger partial charge in [0.25, 0.3) is 0 Å². The van der Waals surface area contributed by atoms with E-state index in [-0.39, 0.29) is 30.3 Å². The van der Waals surface area contributed by atoms with E-state index in [9.17, 15) is 4.79 Å². The molecule has 1 fully saturated rings. The topological polar surface area (TPSA) is 69.3 Å². The van der Waals surface area contributed by atoms with Crippen LogP contribution in [0.3, 0.4) is 0 Å². The van der Waals surface area contributed by atoms with Gasteiger partial charge >= 0.3 is 0 Å². The Morgan fingerprint density at radius 2 is 2.00 bits per heavy atom. The summed E-state index contributed by atoms with van der Waals surface area (Å²) in [6.07, 6.45) is 3.81. The maximum absolute atomic E-state index is 12.5. The zero-order valence-electron chi connectivity index (χ0n) is 20.0. The van der Waals surface area contributed by atoms with Gasteiger partial charge in [-0.25, -0.2) is 0 Å². The van der Waals surface area contributed by atoms with Crippen molar-refractivity contribution in [3.8, 4) is 17.2 Å². The number of benzene rings is 2. The molecule has 0 aromatic heterocycles. The first-order valence-electron chi connectivity index (χ1n) is 11.7. The summed E-state index contributed by atoms with van der Waals surface area (Å²) >= 11 is 1.54. The van der Waals surface area contributed by atoms with Gasteiger partial charge in [-0.15, -0.1) is 0 Å². The van der Waals surface area contributed by atoms with Crippen molar-refractivity contribution in [2.45, 2.75) is 36.9 Å². The molecule has 2 aliphatic heterocycles. The molecule has 2 heterocycles. The van der Waals surface area contributed by atoms with Crippen molar-refractivity contribution < 1.29 is 23.7 Å². The van der Waals surface area contributed by atoms with E-state index >= 15 is 0 Å². The molecule has 2 aromatic carbocycles. The number of hydrogen-bond acceptors (Lipinski definition) is 7. The molecule has 34 heavy (non-hydrogen) atoms. The largest absolute Gasteiger partial charge is 0.493 e. The van der Waals surface area contributed by atoms with Crippen LogP contribution >= 0.6 is 11.8 Å². The van der Waals surface area contributed by atoms with Crippen LogP contribution in [0.5, 0.6) is 17.2 Å². The fourth-order valence-electron chi connectivity index (χ4n) is 5.92. The highest BCUT2D eigenvalue weighted by atomic mass is 32.2. The third-order valence-electron chi connectivity index (χ3n) is 7.40. The Morgan fingerprint density at radius 1 is 1.21 bits per heavy atom. The van der Waals surface area contributed by atoms with Gasteiger partial charge in [-0.05, 0) is 61.0 Å². The van der Waals surface area contributed by atoms with E-state index in [1.807, 2.05) is 12.3 Å². The summed E-state index contributed by atoms with van der Waals surface area (Å²) in [6, 6.07) is 12.5. The number of piperidine rings is 1. The van der Waals surface area contributed by atoms with Crippen LogP contribution < -0.4 is 19.5 Å². The molecule has 2 atom stereocenters. The van der Waals surface area contributed by atoms with Crippen molar-refractivity contribution >= 4 is 17.7 Å². The normalized spacial score (nSPS) is 22.6. The van der Waals surface area contributed by atoms with Gasteiger partial charge in [0.1, 0.15) is 0 Å². The van der Waals surface area contributed by atoms with E-state index in [2.05, 4.69) is 40.5 Å². The Kier molecular flexibility index (Phi) is 6.64. The average Bonchev–Trinajstić information content (AvgIpc) is 3.42. The molecule has 8 heteroatoms. The van der Waals surface area contributed by atoms with Crippen molar-refractivity contribution in [2.75, 3.05) is 46.1 Å². The van der Waals surface area contributed by atoms with Crippen molar-refractivity contribution in [1.29, 1.82) is 0 Å². The van der Waals surface area contributed by atoms with E-state index in [0.717, 1.165) is 43.8 Å². The molecule has 1 aliphatic carbocycles. The van der Waals surface area contributed by atoms with E-state index in [4.69, 9.17) is 18.9 Å². The van der Waals surface area contributed by atoms with E-state index in [0.29, 0.717) is 17.3 Å². The Hall–Kier alpha value is -2.42.